The Labute approximate surface area is 113 Å². The number of rotatable bonds is 4. The third kappa shape index (κ3) is 3.55. The summed E-state index contributed by atoms with van der Waals surface area (Å²) < 4.78 is 0. The Bertz CT molecular complexity index is 578. The van der Waals surface area contributed by atoms with E-state index in [1.54, 1.807) is 0 Å². The van der Waals surface area contributed by atoms with E-state index in [1.165, 1.54) is 0 Å². The molecule has 3 nitrogen and oxygen atoms in total. The Hall–Kier alpha value is -1.87. The lowest BCUT2D eigenvalue weighted by Gasteiger charge is -2.16. The van der Waals surface area contributed by atoms with Crippen LogP contribution in [0.15, 0.2) is 42.5 Å². The number of fused-ring (bicyclic) bond motifs is 1. The van der Waals surface area contributed by atoms with E-state index in [2.05, 4.69) is 5.32 Å². The van der Waals surface area contributed by atoms with E-state index in [9.17, 15) is 4.79 Å². The fraction of sp³-hybridized carbons (Fsp3) is 0.312. The fourth-order valence-corrected chi connectivity index (χ4v) is 2.25. The molecule has 0 aliphatic rings. The second-order valence-corrected chi connectivity index (χ2v) is 5.15. The average Bonchev–Trinajstić information content (AvgIpc) is 2.37. The second kappa shape index (κ2) is 5.85. The quantitative estimate of drug-likeness (QED) is 0.883. The van der Waals surface area contributed by atoms with Gasteiger partial charge in [-0.3, -0.25) is 4.79 Å². The van der Waals surface area contributed by atoms with Crippen molar-refractivity contribution < 1.29 is 4.79 Å². The van der Waals surface area contributed by atoms with Crippen molar-refractivity contribution in [2.75, 3.05) is 0 Å². The number of carbonyl (C=O) groups is 1. The predicted octanol–water partition coefficient (Wildman–Crippen LogP) is 2.70. The Balaban J connectivity index is 2.13. The van der Waals surface area contributed by atoms with Crippen molar-refractivity contribution in [3.8, 4) is 0 Å². The lowest BCUT2D eigenvalue weighted by Crippen LogP contribution is -2.36. The van der Waals surface area contributed by atoms with E-state index in [1.807, 2.05) is 56.3 Å². The van der Waals surface area contributed by atoms with E-state index in [4.69, 9.17) is 5.73 Å². The molecule has 2 atom stereocenters. The molecule has 2 aromatic rings. The minimum Gasteiger partial charge on any atom is -0.350 e. The SMILES string of the molecule is CC(N)CC(C)NC(=O)c1ccc2ccccc2c1. The lowest BCUT2D eigenvalue weighted by atomic mass is 10.1. The monoisotopic (exact) mass is 256 g/mol. The molecule has 2 rings (SSSR count). The Kier molecular flexibility index (Phi) is 4.17. The van der Waals surface area contributed by atoms with Gasteiger partial charge in [0.1, 0.15) is 0 Å². The predicted molar refractivity (Wildman–Crippen MR) is 79.1 cm³/mol. The van der Waals surface area contributed by atoms with Crippen molar-refractivity contribution in [1.82, 2.24) is 5.32 Å². The van der Waals surface area contributed by atoms with Crippen LogP contribution in [0.2, 0.25) is 0 Å². The first kappa shape index (κ1) is 13.6. The zero-order valence-electron chi connectivity index (χ0n) is 11.4. The Morgan fingerprint density at radius 1 is 1.16 bits per heavy atom. The van der Waals surface area contributed by atoms with Crippen LogP contribution in [0.3, 0.4) is 0 Å². The first-order valence-corrected chi connectivity index (χ1v) is 6.61. The summed E-state index contributed by atoms with van der Waals surface area (Å²) in [5.41, 5.74) is 6.42. The van der Waals surface area contributed by atoms with Crippen LogP contribution >= 0.6 is 0 Å². The molecule has 0 saturated heterocycles. The van der Waals surface area contributed by atoms with Crippen molar-refractivity contribution >= 4 is 16.7 Å². The number of hydrogen-bond acceptors (Lipinski definition) is 2. The number of benzene rings is 2. The first-order valence-electron chi connectivity index (χ1n) is 6.61. The maximum Gasteiger partial charge on any atom is 0.251 e. The van der Waals surface area contributed by atoms with E-state index in [0.29, 0.717) is 5.56 Å². The highest BCUT2D eigenvalue weighted by Gasteiger charge is 2.11. The van der Waals surface area contributed by atoms with E-state index in [0.717, 1.165) is 17.2 Å². The highest BCUT2D eigenvalue weighted by Crippen LogP contribution is 2.15. The molecule has 0 fully saturated rings. The molecule has 0 aliphatic heterocycles. The van der Waals surface area contributed by atoms with Gasteiger partial charge in [0.05, 0.1) is 0 Å². The molecule has 0 heterocycles. The maximum absolute atomic E-state index is 12.1. The summed E-state index contributed by atoms with van der Waals surface area (Å²) in [7, 11) is 0. The van der Waals surface area contributed by atoms with Gasteiger partial charge in [-0.2, -0.15) is 0 Å². The number of amides is 1. The van der Waals surface area contributed by atoms with Crippen LogP contribution in [0.1, 0.15) is 30.6 Å². The van der Waals surface area contributed by atoms with Gasteiger partial charge < -0.3 is 11.1 Å². The molecule has 0 aliphatic carbocycles. The van der Waals surface area contributed by atoms with Gasteiger partial charge in [0.15, 0.2) is 0 Å². The molecule has 3 N–H and O–H groups in total. The molecule has 1 amide bonds. The molecule has 100 valence electrons. The third-order valence-electron chi connectivity index (χ3n) is 3.11. The molecule has 0 radical (unpaired) electrons. The van der Waals surface area contributed by atoms with Crippen molar-refractivity contribution in [2.24, 2.45) is 5.73 Å². The summed E-state index contributed by atoms with van der Waals surface area (Å²) in [5, 5.41) is 5.19. The van der Waals surface area contributed by atoms with Crippen LogP contribution in [0.5, 0.6) is 0 Å². The van der Waals surface area contributed by atoms with Crippen molar-refractivity contribution in [3.05, 3.63) is 48.0 Å². The molecule has 0 aromatic heterocycles. The molecular formula is C16H20N2O. The standard InChI is InChI=1S/C16H20N2O/c1-11(17)9-12(2)18-16(19)15-8-7-13-5-3-4-6-14(13)10-15/h3-8,10-12H,9,17H2,1-2H3,(H,18,19). The highest BCUT2D eigenvalue weighted by molar-refractivity contribution is 5.98. The van der Waals surface area contributed by atoms with Crippen LogP contribution in [-0.2, 0) is 0 Å². The summed E-state index contributed by atoms with van der Waals surface area (Å²) in [6.45, 7) is 3.92. The molecule has 19 heavy (non-hydrogen) atoms. The minimum absolute atomic E-state index is 0.0427. The smallest absolute Gasteiger partial charge is 0.251 e. The van der Waals surface area contributed by atoms with Gasteiger partial charge in [-0.1, -0.05) is 30.3 Å². The summed E-state index contributed by atoms with van der Waals surface area (Å²) in [5.74, 6) is -0.0427. The lowest BCUT2D eigenvalue weighted by molar-refractivity contribution is 0.0937. The zero-order chi connectivity index (χ0) is 13.8. The molecule has 2 unspecified atom stereocenters. The number of carbonyl (C=O) groups excluding carboxylic acids is 1. The minimum atomic E-state index is -0.0427. The zero-order valence-corrected chi connectivity index (χ0v) is 11.4. The van der Waals surface area contributed by atoms with E-state index < -0.39 is 0 Å². The molecule has 0 saturated carbocycles. The van der Waals surface area contributed by atoms with Crippen molar-refractivity contribution in [3.63, 3.8) is 0 Å². The summed E-state index contributed by atoms with van der Waals surface area (Å²) in [6.07, 6.45) is 0.777. The third-order valence-corrected chi connectivity index (χ3v) is 3.11. The second-order valence-electron chi connectivity index (χ2n) is 5.15. The van der Waals surface area contributed by atoms with Gasteiger partial charge in [-0.15, -0.1) is 0 Å². The van der Waals surface area contributed by atoms with Crippen molar-refractivity contribution in [1.29, 1.82) is 0 Å². The van der Waals surface area contributed by atoms with E-state index in [-0.39, 0.29) is 18.0 Å². The van der Waals surface area contributed by atoms with Gasteiger partial charge in [0.2, 0.25) is 0 Å². The molecular weight excluding hydrogens is 236 g/mol. The molecule has 2 aromatic carbocycles. The summed E-state index contributed by atoms with van der Waals surface area (Å²) >= 11 is 0. The fourth-order valence-electron chi connectivity index (χ4n) is 2.25. The summed E-state index contributed by atoms with van der Waals surface area (Å²) in [6, 6.07) is 13.9. The topological polar surface area (TPSA) is 55.1 Å². The number of hydrogen-bond donors (Lipinski definition) is 2. The number of nitrogens with one attached hydrogen (secondary N) is 1. The first-order chi connectivity index (χ1) is 9.06. The van der Waals surface area contributed by atoms with Gasteiger partial charge in [0, 0.05) is 17.6 Å². The largest absolute Gasteiger partial charge is 0.350 e. The highest BCUT2D eigenvalue weighted by atomic mass is 16.1. The van der Waals surface area contributed by atoms with Gasteiger partial charge in [-0.25, -0.2) is 0 Å². The molecule has 3 heteroatoms. The Morgan fingerprint density at radius 3 is 2.53 bits per heavy atom. The van der Waals surface area contributed by atoms with Gasteiger partial charge in [0.25, 0.3) is 5.91 Å². The molecule has 0 spiro atoms. The maximum atomic E-state index is 12.1. The normalized spacial score (nSPS) is 14.1. The van der Waals surface area contributed by atoms with E-state index >= 15 is 0 Å². The van der Waals surface area contributed by atoms with Crippen LogP contribution in [-0.4, -0.2) is 18.0 Å². The molecule has 0 bridgehead atoms. The van der Waals surface area contributed by atoms with Gasteiger partial charge >= 0.3 is 0 Å². The van der Waals surface area contributed by atoms with Crippen LogP contribution in [0.4, 0.5) is 0 Å². The van der Waals surface area contributed by atoms with Crippen molar-refractivity contribution in [2.45, 2.75) is 32.4 Å². The number of nitrogens with two attached hydrogens (primary N) is 1. The Morgan fingerprint density at radius 2 is 1.84 bits per heavy atom. The van der Waals surface area contributed by atoms with Crippen LogP contribution in [0, 0.1) is 0 Å². The van der Waals surface area contributed by atoms with Gasteiger partial charge in [-0.05, 0) is 43.2 Å². The average molecular weight is 256 g/mol. The summed E-state index contributed by atoms with van der Waals surface area (Å²) in [4.78, 5) is 12.1. The van der Waals surface area contributed by atoms with Crippen LogP contribution < -0.4 is 11.1 Å². The van der Waals surface area contributed by atoms with Crippen LogP contribution in [0.25, 0.3) is 10.8 Å².